The summed E-state index contributed by atoms with van der Waals surface area (Å²) in [5.41, 5.74) is 0.258. The molecule has 5 heteroatoms. The molecule has 1 aliphatic rings. The second kappa shape index (κ2) is 5.35. The minimum atomic E-state index is -0.173. The molecular weight excluding hydrogens is 230 g/mol. The predicted molar refractivity (Wildman–Crippen MR) is 69.6 cm³/mol. The summed E-state index contributed by atoms with van der Waals surface area (Å²) in [6, 6.07) is 3.44. The van der Waals surface area contributed by atoms with Gasteiger partial charge in [0.25, 0.3) is 11.5 Å². The SMILES string of the molecule is CC1NCCCC1NC(=O)c1ccn(C)c(=O)c1. The van der Waals surface area contributed by atoms with Gasteiger partial charge in [-0.25, -0.2) is 0 Å². The van der Waals surface area contributed by atoms with Gasteiger partial charge in [0.2, 0.25) is 0 Å². The van der Waals surface area contributed by atoms with E-state index in [2.05, 4.69) is 17.6 Å². The van der Waals surface area contributed by atoms with Crippen molar-refractivity contribution in [3.63, 3.8) is 0 Å². The first-order valence-corrected chi connectivity index (χ1v) is 6.29. The molecule has 0 aliphatic carbocycles. The average Bonchev–Trinajstić information content (AvgIpc) is 2.35. The van der Waals surface area contributed by atoms with E-state index >= 15 is 0 Å². The summed E-state index contributed by atoms with van der Waals surface area (Å²) >= 11 is 0. The lowest BCUT2D eigenvalue weighted by Crippen LogP contribution is -2.52. The van der Waals surface area contributed by atoms with Crippen molar-refractivity contribution in [2.75, 3.05) is 6.54 Å². The lowest BCUT2D eigenvalue weighted by atomic mass is 9.99. The first kappa shape index (κ1) is 12.8. The van der Waals surface area contributed by atoms with Gasteiger partial charge in [-0.15, -0.1) is 0 Å². The number of amides is 1. The third-order valence-corrected chi connectivity index (χ3v) is 3.44. The van der Waals surface area contributed by atoms with Crippen molar-refractivity contribution in [3.8, 4) is 0 Å². The minimum Gasteiger partial charge on any atom is -0.348 e. The quantitative estimate of drug-likeness (QED) is 0.790. The molecule has 2 atom stereocenters. The van der Waals surface area contributed by atoms with Crippen molar-refractivity contribution < 1.29 is 4.79 Å². The highest BCUT2D eigenvalue weighted by atomic mass is 16.2. The number of pyridine rings is 1. The molecule has 98 valence electrons. The highest BCUT2D eigenvalue weighted by Gasteiger charge is 2.22. The number of piperidine rings is 1. The standard InChI is InChI=1S/C13H19N3O2/c1-9-11(4-3-6-14-9)15-13(18)10-5-7-16(2)12(17)8-10/h5,7-9,11,14H,3-4,6H2,1-2H3,(H,15,18). The Morgan fingerprint density at radius 1 is 1.56 bits per heavy atom. The van der Waals surface area contributed by atoms with E-state index in [9.17, 15) is 9.59 Å². The van der Waals surface area contributed by atoms with Crippen molar-refractivity contribution in [1.82, 2.24) is 15.2 Å². The number of hydrogen-bond donors (Lipinski definition) is 2. The minimum absolute atomic E-state index is 0.135. The molecular formula is C13H19N3O2. The highest BCUT2D eigenvalue weighted by Crippen LogP contribution is 2.09. The summed E-state index contributed by atoms with van der Waals surface area (Å²) in [6.07, 6.45) is 3.65. The van der Waals surface area contributed by atoms with Crippen molar-refractivity contribution in [3.05, 3.63) is 34.2 Å². The lowest BCUT2D eigenvalue weighted by molar-refractivity contribution is 0.0919. The maximum atomic E-state index is 12.0. The molecule has 0 spiro atoms. The monoisotopic (exact) mass is 249 g/mol. The predicted octanol–water partition coefficient (Wildman–Crippen LogP) is 0.256. The van der Waals surface area contributed by atoms with E-state index in [0.717, 1.165) is 19.4 Å². The fourth-order valence-electron chi connectivity index (χ4n) is 2.18. The molecule has 0 radical (unpaired) electrons. The smallest absolute Gasteiger partial charge is 0.251 e. The molecule has 1 aromatic heterocycles. The number of carbonyl (C=O) groups excluding carboxylic acids is 1. The third kappa shape index (κ3) is 2.79. The molecule has 1 aromatic rings. The molecule has 0 aromatic carbocycles. The van der Waals surface area contributed by atoms with Gasteiger partial charge in [-0.05, 0) is 32.4 Å². The Balaban J connectivity index is 2.07. The van der Waals surface area contributed by atoms with Crippen molar-refractivity contribution in [1.29, 1.82) is 0 Å². The fourth-order valence-corrected chi connectivity index (χ4v) is 2.18. The lowest BCUT2D eigenvalue weighted by Gasteiger charge is -2.30. The second-order valence-electron chi connectivity index (χ2n) is 4.83. The first-order valence-electron chi connectivity index (χ1n) is 6.29. The van der Waals surface area contributed by atoms with Gasteiger partial charge in [0, 0.05) is 37.0 Å². The molecule has 0 saturated carbocycles. The zero-order valence-electron chi connectivity index (χ0n) is 10.8. The molecule has 2 unspecified atom stereocenters. The Morgan fingerprint density at radius 2 is 2.33 bits per heavy atom. The molecule has 1 aliphatic heterocycles. The normalized spacial score (nSPS) is 23.7. The number of hydrogen-bond acceptors (Lipinski definition) is 3. The molecule has 2 N–H and O–H groups in total. The van der Waals surface area contributed by atoms with Crippen LogP contribution in [0.3, 0.4) is 0 Å². The average molecular weight is 249 g/mol. The molecule has 2 heterocycles. The second-order valence-corrected chi connectivity index (χ2v) is 4.83. The van der Waals surface area contributed by atoms with Crippen molar-refractivity contribution in [2.45, 2.75) is 31.8 Å². The van der Waals surface area contributed by atoms with Crippen LogP contribution in [0.2, 0.25) is 0 Å². The zero-order valence-corrected chi connectivity index (χ0v) is 10.8. The van der Waals surface area contributed by atoms with Crippen LogP contribution in [0.4, 0.5) is 0 Å². The van der Waals surface area contributed by atoms with Gasteiger partial charge >= 0.3 is 0 Å². The van der Waals surface area contributed by atoms with Crippen LogP contribution in [-0.4, -0.2) is 29.1 Å². The summed E-state index contributed by atoms with van der Waals surface area (Å²) in [5.74, 6) is -0.173. The number of rotatable bonds is 2. The summed E-state index contributed by atoms with van der Waals surface area (Å²) in [5, 5.41) is 6.31. The molecule has 2 rings (SSSR count). The molecule has 1 saturated heterocycles. The zero-order chi connectivity index (χ0) is 13.1. The number of aryl methyl sites for hydroxylation is 1. The number of carbonyl (C=O) groups is 1. The van der Waals surface area contributed by atoms with Gasteiger partial charge in [0.05, 0.1) is 0 Å². The Hall–Kier alpha value is -1.62. The maximum Gasteiger partial charge on any atom is 0.251 e. The van der Waals surface area contributed by atoms with Crippen LogP contribution in [0, 0.1) is 0 Å². The number of nitrogens with one attached hydrogen (secondary N) is 2. The molecule has 0 bridgehead atoms. The van der Waals surface area contributed by atoms with Gasteiger partial charge in [-0.1, -0.05) is 0 Å². The van der Waals surface area contributed by atoms with E-state index in [1.54, 1.807) is 19.3 Å². The van der Waals surface area contributed by atoms with E-state index in [1.165, 1.54) is 10.6 Å². The van der Waals surface area contributed by atoms with Crippen LogP contribution >= 0.6 is 0 Å². The van der Waals surface area contributed by atoms with E-state index in [0.29, 0.717) is 5.56 Å². The topological polar surface area (TPSA) is 63.1 Å². The molecule has 18 heavy (non-hydrogen) atoms. The molecule has 1 amide bonds. The Kier molecular flexibility index (Phi) is 3.81. The van der Waals surface area contributed by atoms with Gasteiger partial charge in [-0.2, -0.15) is 0 Å². The van der Waals surface area contributed by atoms with Crippen LogP contribution in [0.1, 0.15) is 30.1 Å². The van der Waals surface area contributed by atoms with E-state index in [1.807, 2.05) is 0 Å². The number of aromatic nitrogens is 1. The Labute approximate surface area is 106 Å². The summed E-state index contributed by atoms with van der Waals surface area (Å²) in [6.45, 7) is 3.06. The van der Waals surface area contributed by atoms with Crippen LogP contribution in [0.25, 0.3) is 0 Å². The largest absolute Gasteiger partial charge is 0.348 e. The molecule has 5 nitrogen and oxygen atoms in total. The summed E-state index contributed by atoms with van der Waals surface area (Å²) in [7, 11) is 1.66. The van der Waals surface area contributed by atoms with Gasteiger partial charge in [0.15, 0.2) is 0 Å². The summed E-state index contributed by atoms with van der Waals surface area (Å²) < 4.78 is 1.45. The Bertz CT molecular complexity index is 495. The first-order chi connectivity index (χ1) is 8.58. The molecule has 1 fully saturated rings. The van der Waals surface area contributed by atoms with Gasteiger partial charge in [-0.3, -0.25) is 9.59 Å². The fraction of sp³-hybridized carbons (Fsp3) is 0.538. The van der Waals surface area contributed by atoms with Crippen LogP contribution in [0.5, 0.6) is 0 Å². The van der Waals surface area contributed by atoms with Crippen molar-refractivity contribution >= 4 is 5.91 Å². The summed E-state index contributed by atoms with van der Waals surface area (Å²) in [4.78, 5) is 23.5. The van der Waals surface area contributed by atoms with Crippen LogP contribution < -0.4 is 16.2 Å². The maximum absolute atomic E-state index is 12.0. The highest BCUT2D eigenvalue weighted by molar-refractivity contribution is 5.94. The van der Waals surface area contributed by atoms with E-state index in [-0.39, 0.29) is 23.6 Å². The van der Waals surface area contributed by atoms with Gasteiger partial charge < -0.3 is 15.2 Å². The third-order valence-electron chi connectivity index (χ3n) is 3.44. The van der Waals surface area contributed by atoms with Crippen LogP contribution in [-0.2, 0) is 7.05 Å². The Morgan fingerprint density at radius 3 is 3.00 bits per heavy atom. The number of nitrogens with zero attached hydrogens (tertiary/aromatic N) is 1. The van der Waals surface area contributed by atoms with E-state index < -0.39 is 0 Å². The van der Waals surface area contributed by atoms with Crippen LogP contribution in [0.15, 0.2) is 23.1 Å². The van der Waals surface area contributed by atoms with Crippen molar-refractivity contribution in [2.24, 2.45) is 7.05 Å². The van der Waals surface area contributed by atoms with E-state index in [4.69, 9.17) is 0 Å². The van der Waals surface area contributed by atoms with Gasteiger partial charge in [0.1, 0.15) is 0 Å².